The smallest absolute Gasteiger partial charge is 0.305 e. The number of ether oxygens (including phenoxy) is 4. The highest BCUT2D eigenvalue weighted by Crippen LogP contribution is 2.28. The third-order valence-electron chi connectivity index (χ3n) is 8.67. The highest BCUT2D eigenvalue weighted by atomic mass is 16.6. The molecular weight excluding hydrogens is 600 g/mol. The van der Waals surface area contributed by atoms with Crippen molar-refractivity contribution in [1.82, 2.24) is 0 Å². The van der Waals surface area contributed by atoms with E-state index in [9.17, 15) is 9.59 Å². The van der Waals surface area contributed by atoms with E-state index in [1.54, 1.807) is 0 Å². The fraction of sp³-hybridized carbons (Fsp3) is 0.762. The molecule has 0 amide bonds. The van der Waals surface area contributed by atoms with Crippen molar-refractivity contribution in [2.75, 3.05) is 14.2 Å². The van der Waals surface area contributed by atoms with E-state index >= 15 is 0 Å². The summed E-state index contributed by atoms with van der Waals surface area (Å²) in [5.41, 5.74) is 0. The molecule has 0 N–H and O–H groups in total. The number of esters is 2. The molecule has 0 saturated carbocycles. The minimum absolute atomic E-state index is 0.107. The Labute approximate surface area is 294 Å². The molecule has 0 aromatic rings. The predicted octanol–water partition coefficient (Wildman–Crippen LogP) is 10.4. The van der Waals surface area contributed by atoms with Crippen molar-refractivity contribution in [1.29, 1.82) is 0 Å². The lowest BCUT2D eigenvalue weighted by Gasteiger charge is -1.98. The number of rotatable bonds is 26. The van der Waals surface area contributed by atoms with Crippen molar-refractivity contribution in [3.05, 3.63) is 24.3 Å². The minimum Gasteiger partial charge on any atom is -0.469 e. The summed E-state index contributed by atoms with van der Waals surface area (Å²) in [7, 11) is 2.87. The van der Waals surface area contributed by atoms with Crippen LogP contribution in [0.3, 0.4) is 0 Å². The molecule has 0 bridgehead atoms. The van der Waals surface area contributed by atoms with Gasteiger partial charge in [0.1, 0.15) is 0 Å². The fourth-order valence-electron chi connectivity index (χ4n) is 5.39. The van der Waals surface area contributed by atoms with Crippen molar-refractivity contribution in [3.8, 4) is 23.7 Å². The molecule has 2 aliphatic rings. The average Bonchev–Trinajstić information content (AvgIpc) is 4.04. The molecule has 0 aliphatic carbocycles. The molecule has 0 spiro atoms. The highest BCUT2D eigenvalue weighted by Gasteiger charge is 2.36. The third-order valence-corrected chi connectivity index (χ3v) is 8.67. The van der Waals surface area contributed by atoms with Crippen LogP contribution in [0.5, 0.6) is 0 Å². The standard InChI is InChI=1S/C21H36O3.C21H32O3/c2*1-3-19-20(24-19)17-15-13-11-9-7-5-4-6-8-10-12-14-16-18-21(22)23-2/h10,12-13,15,19-20H,3-9,11,14,16-18H2,1-2H3;19-20H,3-9,11,14,16-18H2,1-2H3/b12-10-,15-13-;. The van der Waals surface area contributed by atoms with Gasteiger partial charge in [0, 0.05) is 38.5 Å². The molecule has 272 valence electrons. The second kappa shape index (κ2) is 31.7. The molecule has 48 heavy (non-hydrogen) atoms. The zero-order valence-corrected chi connectivity index (χ0v) is 31.0. The largest absolute Gasteiger partial charge is 0.469 e. The van der Waals surface area contributed by atoms with Gasteiger partial charge in [-0.25, -0.2) is 0 Å². The first-order valence-electron chi connectivity index (χ1n) is 19.2. The van der Waals surface area contributed by atoms with Gasteiger partial charge in [0.25, 0.3) is 0 Å². The van der Waals surface area contributed by atoms with Crippen LogP contribution in [-0.4, -0.2) is 50.6 Å². The Hall–Kier alpha value is -2.54. The number of carbonyl (C=O) groups is 2. The van der Waals surface area contributed by atoms with Gasteiger partial charge >= 0.3 is 11.9 Å². The van der Waals surface area contributed by atoms with Crippen molar-refractivity contribution in [2.45, 2.75) is 192 Å². The van der Waals surface area contributed by atoms with E-state index in [-0.39, 0.29) is 11.9 Å². The van der Waals surface area contributed by atoms with E-state index in [1.165, 1.54) is 84.8 Å². The van der Waals surface area contributed by atoms with E-state index < -0.39 is 0 Å². The maximum atomic E-state index is 10.9. The Morgan fingerprint density at radius 3 is 1.50 bits per heavy atom. The molecule has 0 aromatic carbocycles. The molecular formula is C42H68O6. The Balaban J connectivity index is 0.000000480. The van der Waals surface area contributed by atoms with Crippen molar-refractivity contribution in [2.24, 2.45) is 0 Å². The van der Waals surface area contributed by atoms with Gasteiger partial charge in [-0.05, 0) is 77.0 Å². The number of allylic oxidation sites excluding steroid dienone is 3. The molecule has 4 atom stereocenters. The van der Waals surface area contributed by atoms with Crippen molar-refractivity contribution in [3.63, 3.8) is 0 Å². The number of unbranched alkanes of at least 4 members (excludes halogenated alkanes) is 14. The lowest BCUT2D eigenvalue weighted by molar-refractivity contribution is -0.141. The first kappa shape index (κ1) is 43.5. The summed E-state index contributed by atoms with van der Waals surface area (Å²) in [6, 6.07) is 0. The molecule has 2 fully saturated rings. The molecule has 2 rings (SSSR count). The summed E-state index contributed by atoms with van der Waals surface area (Å²) >= 11 is 0. The Morgan fingerprint density at radius 2 is 0.958 bits per heavy atom. The van der Waals surface area contributed by atoms with Crippen LogP contribution in [0.15, 0.2) is 24.3 Å². The van der Waals surface area contributed by atoms with Gasteiger partial charge in [-0.3, -0.25) is 9.59 Å². The monoisotopic (exact) mass is 669 g/mol. The van der Waals surface area contributed by atoms with Crippen molar-refractivity contribution >= 4 is 11.9 Å². The van der Waals surface area contributed by atoms with Gasteiger partial charge in [-0.15, -0.1) is 23.7 Å². The van der Waals surface area contributed by atoms with E-state index in [2.05, 4.69) is 71.3 Å². The molecule has 4 unspecified atom stereocenters. The number of hydrogen-bond acceptors (Lipinski definition) is 6. The topological polar surface area (TPSA) is 77.7 Å². The Morgan fingerprint density at radius 1 is 0.521 bits per heavy atom. The summed E-state index contributed by atoms with van der Waals surface area (Å²) in [5, 5.41) is 0. The number of carbonyl (C=O) groups excluding carboxylic acids is 2. The normalized spacial score (nSPS) is 19.1. The predicted molar refractivity (Wildman–Crippen MR) is 197 cm³/mol. The third kappa shape index (κ3) is 27.4. The number of methoxy groups -OCH3 is 2. The summed E-state index contributed by atoms with van der Waals surface area (Å²) in [5.74, 6) is 12.6. The van der Waals surface area contributed by atoms with Gasteiger partial charge < -0.3 is 18.9 Å². The Kier molecular flexibility index (Phi) is 28.7. The van der Waals surface area contributed by atoms with Crippen LogP contribution in [0.1, 0.15) is 168 Å². The van der Waals surface area contributed by atoms with Gasteiger partial charge in [-0.1, -0.05) is 76.7 Å². The summed E-state index contributed by atoms with van der Waals surface area (Å²) in [6.07, 6.45) is 36.9. The maximum absolute atomic E-state index is 10.9. The quantitative estimate of drug-likeness (QED) is 0.0300. The zero-order valence-electron chi connectivity index (χ0n) is 31.0. The van der Waals surface area contributed by atoms with Crippen LogP contribution >= 0.6 is 0 Å². The maximum Gasteiger partial charge on any atom is 0.305 e. The lowest BCUT2D eigenvalue weighted by Crippen LogP contribution is -1.98. The lowest BCUT2D eigenvalue weighted by atomic mass is 10.1. The molecule has 2 heterocycles. The Bertz CT molecular complexity index is 993. The van der Waals surface area contributed by atoms with Crippen LogP contribution in [0, 0.1) is 23.7 Å². The minimum atomic E-state index is -0.146. The SMILES string of the molecule is CCC1OC1C/C=C\CCCCCCC/C=C\CCCC(=O)OC.CCC1OC1CC#CCCCCCCCC#CCCCC(=O)OC. The van der Waals surface area contributed by atoms with E-state index in [0.717, 1.165) is 70.6 Å². The average molecular weight is 669 g/mol. The number of hydrogen-bond donors (Lipinski definition) is 0. The van der Waals surface area contributed by atoms with E-state index in [0.29, 0.717) is 37.3 Å². The molecule has 6 heteroatoms. The van der Waals surface area contributed by atoms with Crippen LogP contribution in [0.4, 0.5) is 0 Å². The zero-order chi connectivity index (χ0) is 34.9. The van der Waals surface area contributed by atoms with Gasteiger partial charge in [0.05, 0.1) is 38.6 Å². The van der Waals surface area contributed by atoms with Crippen LogP contribution in [-0.2, 0) is 28.5 Å². The van der Waals surface area contributed by atoms with Gasteiger partial charge in [0.2, 0.25) is 0 Å². The van der Waals surface area contributed by atoms with Crippen LogP contribution in [0.2, 0.25) is 0 Å². The highest BCUT2D eigenvalue weighted by molar-refractivity contribution is 5.69. The molecule has 6 nitrogen and oxygen atoms in total. The summed E-state index contributed by atoms with van der Waals surface area (Å²) in [4.78, 5) is 21.8. The second-order valence-corrected chi connectivity index (χ2v) is 12.8. The van der Waals surface area contributed by atoms with E-state index in [1.807, 2.05) is 0 Å². The molecule has 0 aromatic heterocycles. The fourth-order valence-corrected chi connectivity index (χ4v) is 5.39. The van der Waals surface area contributed by atoms with E-state index in [4.69, 9.17) is 9.47 Å². The van der Waals surface area contributed by atoms with Crippen LogP contribution in [0.25, 0.3) is 0 Å². The molecule has 2 aliphatic heterocycles. The van der Waals surface area contributed by atoms with Crippen LogP contribution < -0.4 is 0 Å². The second-order valence-electron chi connectivity index (χ2n) is 12.8. The molecule has 0 radical (unpaired) electrons. The summed E-state index contributed by atoms with van der Waals surface area (Å²) in [6.45, 7) is 4.35. The first-order chi connectivity index (χ1) is 23.5. The van der Waals surface area contributed by atoms with Crippen molar-refractivity contribution < 1.29 is 28.5 Å². The first-order valence-corrected chi connectivity index (χ1v) is 19.2. The van der Waals surface area contributed by atoms with Gasteiger partial charge in [0.15, 0.2) is 0 Å². The van der Waals surface area contributed by atoms with Gasteiger partial charge in [-0.2, -0.15) is 0 Å². The number of epoxide rings is 2. The molecule has 2 saturated heterocycles. The summed E-state index contributed by atoms with van der Waals surface area (Å²) < 4.78 is 20.2.